The lowest BCUT2D eigenvalue weighted by Gasteiger charge is -2.24. The summed E-state index contributed by atoms with van der Waals surface area (Å²) in [6.45, 7) is 2.87. The van der Waals surface area contributed by atoms with Gasteiger partial charge in [0.1, 0.15) is 0 Å². The Kier molecular flexibility index (Phi) is 4.45. The molecule has 3 nitrogen and oxygen atoms in total. The summed E-state index contributed by atoms with van der Waals surface area (Å²) in [5, 5.41) is 11.8. The summed E-state index contributed by atoms with van der Waals surface area (Å²) < 4.78 is 0. The van der Waals surface area contributed by atoms with E-state index >= 15 is 0 Å². The quantitative estimate of drug-likeness (QED) is 0.629. The smallest absolute Gasteiger partial charge is 0.306 e. The molecule has 0 radical (unpaired) electrons. The fourth-order valence-electron chi connectivity index (χ4n) is 1.36. The second-order valence-electron chi connectivity index (χ2n) is 2.91. The molecule has 66 valence electrons. The van der Waals surface area contributed by atoms with Crippen LogP contribution in [0.5, 0.6) is 0 Å². The maximum Gasteiger partial charge on any atom is 0.306 e. The number of halogens is 1. The number of hydrogen-bond donors (Lipinski definition) is 2. The highest BCUT2D eigenvalue weighted by molar-refractivity contribution is 5.85. The molecule has 4 heteroatoms. The first-order valence-corrected chi connectivity index (χ1v) is 3.66. The van der Waals surface area contributed by atoms with E-state index in [1.807, 2.05) is 6.92 Å². The maximum atomic E-state index is 10.5. The van der Waals surface area contributed by atoms with Gasteiger partial charge in [0.15, 0.2) is 0 Å². The van der Waals surface area contributed by atoms with Crippen LogP contribution >= 0.6 is 12.4 Å². The highest BCUT2D eigenvalue weighted by Gasteiger charge is 2.23. The molecule has 0 unspecified atom stereocenters. The van der Waals surface area contributed by atoms with Gasteiger partial charge < -0.3 is 10.4 Å². The van der Waals surface area contributed by atoms with Crippen LogP contribution in [0.25, 0.3) is 0 Å². The Morgan fingerprint density at radius 3 is 2.64 bits per heavy atom. The second kappa shape index (κ2) is 4.57. The normalized spacial score (nSPS) is 30.6. The Morgan fingerprint density at radius 2 is 2.27 bits per heavy atom. The average molecular weight is 180 g/mol. The summed E-state index contributed by atoms with van der Waals surface area (Å²) in [6.07, 6.45) is 1.55. The summed E-state index contributed by atoms with van der Waals surface area (Å²) >= 11 is 0. The minimum atomic E-state index is -0.645. The fraction of sp³-hybridized carbons (Fsp3) is 0.857. The van der Waals surface area contributed by atoms with Crippen molar-refractivity contribution in [1.29, 1.82) is 0 Å². The fourth-order valence-corrected chi connectivity index (χ4v) is 1.36. The first kappa shape index (κ1) is 10.7. The van der Waals surface area contributed by atoms with Crippen LogP contribution in [-0.4, -0.2) is 23.7 Å². The van der Waals surface area contributed by atoms with Crippen LogP contribution in [0.4, 0.5) is 0 Å². The van der Waals surface area contributed by atoms with Gasteiger partial charge in [-0.1, -0.05) is 0 Å². The van der Waals surface area contributed by atoms with Crippen molar-refractivity contribution in [2.75, 3.05) is 6.54 Å². The molecule has 0 aromatic carbocycles. The molecule has 2 N–H and O–H groups in total. The number of carboxylic acids is 1. The molecule has 0 saturated carbocycles. The summed E-state index contributed by atoms with van der Waals surface area (Å²) in [4.78, 5) is 10.5. The first-order valence-electron chi connectivity index (χ1n) is 3.66. The molecule has 2 atom stereocenters. The zero-order chi connectivity index (χ0) is 7.56. The van der Waals surface area contributed by atoms with E-state index in [9.17, 15) is 4.79 Å². The molecular formula is C7H14ClNO2. The number of rotatable bonds is 1. The Morgan fingerprint density at radius 1 is 1.64 bits per heavy atom. The summed E-state index contributed by atoms with van der Waals surface area (Å²) in [7, 11) is 0. The van der Waals surface area contributed by atoms with E-state index in [0.717, 1.165) is 19.4 Å². The molecule has 1 rings (SSSR count). The minimum absolute atomic E-state index is 0. The molecule has 0 aromatic heterocycles. The van der Waals surface area contributed by atoms with Gasteiger partial charge >= 0.3 is 5.97 Å². The van der Waals surface area contributed by atoms with E-state index in [4.69, 9.17) is 5.11 Å². The largest absolute Gasteiger partial charge is 0.481 e. The number of hydrogen-bond acceptors (Lipinski definition) is 2. The van der Waals surface area contributed by atoms with Gasteiger partial charge in [0.2, 0.25) is 0 Å². The molecule has 0 amide bonds. The topological polar surface area (TPSA) is 49.3 Å². The molecule has 11 heavy (non-hydrogen) atoms. The second-order valence-corrected chi connectivity index (χ2v) is 2.91. The molecule has 0 bridgehead atoms. The lowest BCUT2D eigenvalue weighted by atomic mass is 9.94. The van der Waals surface area contributed by atoms with Crippen LogP contribution in [0.15, 0.2) is 0 Å². The van der Waals surface area contributed by atoms with Crippen LogP contribution in [0, 0.1) is 5.92 Å². The van der Waals surface area contributed by atoms with Crippen molar-refractivity contribution in [3.05, 3.63) is 0 Å². The van der Waals surface area contributed by atoms with Crippen molar-refractivity contribution < 1.29 is 9.90 Å². The Balaban J connectivity index is 0.000001000. The molecule has 1 aliphatic rings. The van der Waals surface area contributed by atoms with Gasteiger partial charge in [0, 0.05) is 6.04 Å². The van der Waals surface area contributed by atoms with Gasteiger partial charge in [-0.15, -0.1) is 12.4 Å². The highest BCUT2D eigenvalue weighted by atomic mass is 35.5. The average Bonchev–Trinajstić information content (AvgIpc) is 1.88. The standard InChI is InChI=1S/C7H13NO2.ClH/c1-5-4-6(7(9)10)2-3-8-5;/h5-6,8H,2-4H2,1H3,(H,9,10);1H/t5-,6-;/m0./s1. The van der Waals surface area contributed by atoms with Gasteiger partial charge in [-0.2, -0.15) is 0 Å². The van der Waals surface area contributed by atoms with Gasteiger partial charge in [-0.25, -0.2) is 0 Å². The van der Waals surface area contributed by atoms with Crippen molar-refractivity contribution >= 4 is 18.4 Å². The van der Waals surface area contributed by atoms with Crippen molar-refractivity contribution in [3.63, 3.8) is 0 Å². The van der Waals surface area contributed by atoms with Gasteiger partial charge in [0.25, 0.3) is 0 Å². The van der Waals surface area contributed by atoms with Gasteiger partial charge in [-0.3, -0.25) is 4.79 Å². The number of carboxylic acid groups (broad SMARTS) is 1. The molecule has 1 fully saturated rings. The van der Waals surface area contributed by atoms with Crippen molar-refractivity contribution in [3.8, 4) is 0 Å². The van der Waals surface area contributed by atoms with Crippen LogP contribution in [0.1, 0.15) is 19.8 Å². The van der Waals surface area contributed by atoms with Crippen LogP contribution in [0.2, 0.25) is 0 Å². The summed E-state index contributed by atoms with van der Waals surface area (Å²) in [5.41, 5.74) is 0. The molecule has 1 saturated heterocycles. The van der Waals surface area contributed by atoms with Crippen molar-refractivity contribution in [1.82, 2.24) is 5.32 Å². The molecule has 1 heterocycles. The maximum absolute atomic E-state index is 10.5. The number of aliphatic carboxylic acids is 1. The van der Waals surface area contributed by atoms with Gasteiger partial charge in [-0.05, 0) is 26.3 Å². The van der Waals surface area contributed by atoms with Crippen LogP contribution in [-0.2, 0) is 4.79 Å². The van der Waals surface area contributed by atoms with E-state index in [0.29, 0.717) is 6.04 Å². The lowest BCUT2D eigenvalue weighted by molar-refractivity contribution is -0.142. The minimum Gasteiger partial charge on any atom is -0.481 e. The van der Waals surface area contributed by atoms with Crippen LogP contribution < -0.4 is 5.32 Å². The van der Waals surface area contributed by atoms with E-state index in [1.165, 1.54) is 0 Å². The Bertz CT molecular complexity index is 140. The lowest BCUT2D eigenvalue weighted by Crippen LogP contribution is -2.38. The van der Waals surface area contributed by atoms with E-state index in [-0.39, 0.29) is 18.3 Å². The van der Waals surface area contributed by atoms with Crippen LogP contribution in [0.3, 0.4) is 0 Å². The molecule has 0 aliphatic carbocycles. The van der Waals surface area contributed by atoms with Crippen molar-refractivity contribution in [2.24, 2.45) is 5.92 Å². The third kappa shape index (κ3) is 3.08. The number of nitrogens with one attached hydrogen (secondary N) is 1. The SMILES string of the molecule is C[C@H]1C[C@@H](C(=O)O)CCN1.Cl. The van der Waals surface area contributed by atoms with E-state index < -0.39 is 5.97 Å². The predicted octanol–water partition coefficient (Wildman–Crippen LogP) is 0.881. The monoisotopic (exact) mass is 179 g/mol. The molecule has 0 aromatic rings. The molecular weight excluding hydrogens is 166 g/mol. The third-order valence-electron chi connectivity index (χ3n) is 1.97. The van der Waals surface area contributed by atoms with E-state index in [2.05, 4.69) is 5.32 Å². The number of piperidine rings is 1. The first-order chi connectivity index (χ1) is 4.70. The van der Waals surface area contributed by atoms with E-state index in [1.54, 1.807) is 0 Å². The van der Waals surface area contributed by atoms with Crippen molar-refractivity contribution in [2.45, 2.75) is 25.8 Å². The highest BCUT2D eigenvalue weighted by Crippen LogP contribution is 2.15. The van der Waals surface area contributed by atoms with Gasteiger partial charge in [0.05, 0.1) is 5.92 Å². The zero-order valence-electron chi connectivity index (χ0n) is 6.54. The summed E-state index contributed by atoms with van der Waals surface area (Å²) in [6, 6.07) is 0.370. The Hall–Kier alpha value is -0.280. The Labute approximate surface area is 72.6 Å². The zero-order valence-corrected chi connectivity index (χ0v) is 7.36. The number of carbonyl (C=O) groups is 1. The predicted molar refractivity (Wildman–Crippen MR) is 45.1 cm³/mol. The summed E-state index contributed by atoms with van der Waals surface area (Å²) in [5.74, 6) is -0.760. The molecule has 1 aliphatic heterocycles. The third-order valence-corrected chi connectivity index (χ3v) is 1.97. The molecule has 0 spiro atoms.